The second-order valence-electron chi connectivity index (χ2n) is 5.07. The summed E-state index contributed by atoms with van der Waals surface area (Å²) in [4.78, 5) is 18.0. The monoisotopic (exact) mass is 266 g/mol. The fourth-order valence-corrected chi connectivity index (χ4v) is 2.35. The maximum Gasteiger partial charge on any atom is 0.242 e. The van der Waals surface area contributed by atoms with Gasteiger partial charge in [-0.2, -0.15) is 0 Å². The van der Waals surface area contributed by atoms with E-state index < -0.39 is 0 Å². The number of aromatic nitrogens is 2. The summed E-state index contributed by atoms with van der Waals surface area (Å²) in [5.41, 5.74) is 0. The number of β-amino-alcohol motifs (C(OH)–C–C–N with tert-alkyl or cyclic N) is 1. The highest BCUT2D eigenvalue weighted by Gasteiger charge is 2.18. The molecule has 1 aromatic heterocycles. The number of nitrogens with one attached hydrogen (secondary N) is 1. The molecule has 1 saturated heterocycles. The summed E-state index contributed by atoms with van der Waals surface area (Å²) in [6, 6.07) is -0.241. The molecule has 0 saturated carbocycles. The van der Waals surface area contributed by atoms with Gasteiger partial charge in [-0.3, -0.25) is 9.69 Å². The predicted molar refractivity (Wildman–Crippen MR) is 71.6 cm³/mol. The van der Waals surface area contributed by atoms with Crippen molar-refractivity contribution in [3.8, 4) is 0 Å². The highest BCUT2D eigenvalue weighted by molar-refractivity contribution is 5.79. The van der Waals surface area contributed by atoms with Gasteiger partial charge in [0.05, 0.1) is 12.4 Å². The maximum atomic E-state index is 11.9. The third-order valence-electron chi connectivity index (χ3n) is 3.56. The van der Waals surface area contributed by atoms with Crippen LogP contribution in [0.15, 0.2) is 18.7 Å². The Hall–Kier alpha value is -1.40. The fraction of sp³-hybridized carbons (Fsp3) is 0.692. The number of amides is 1. The van der Waals surface area contributed by atoms with E-state index in [2.05, 4.69) is 15.2 Å². The van der Waals surface area contributed by atoms with Gasteiger partial charge < -0.3 is 15.0 Å². The molecule has 1 fully saturated rings. The normalized spacial score (nSPS) is 22.1. The first-order valence-corrected chi connectivity index (χ1v) is 6.82. The van der Waals surface area contributed by atoms with E-state index in [1.807, 2.05) is 6.92 Å². The number of imidazole rings is 1. The van der Waals surface area contributed by atoms with E-state index in [4.69, 9.17) is 0 Å². The van der Waals surface area contributed by atoms with Crippen LogP contribution in [-0.4, -0.2) is 57.7 Å². The summed E-state index contributed by atoms with van der Waals surface area (Å²) in [6.45, 7) is 4.97. The molecular formula is C13H22N4O2. The zero-order valence-electron chi connectivity index (χ0n) is 11.3. The smallest absolute Gasteiger partial charge is 0.242 e. The first-order chi connectivity index (χ1) is 9.16. The molecule has 2 rings (SSSR count). The number of aliphatic hydroxyl groups excluding tert-OH is 1. The molecule has 0 aliphatic carbocycles. The van der Waals surface area contributed by atoms with Crippen LogP contribution in [0.5, 0.6) is 0 Å². The molecule has 2 heterocycles. The average Bonchev–Trinajstić information content (AvgIpc) is 2.91. The van der Waals surface area contributed by atoms with Crippen LogP contribution in [0, 0.1) is 0 Å². The topological polar surface area (TPSA) is 70.4 Å². The lowest BCUT2D eigenvalue weighted by atomic mass is 10.1. The summed E-state index contributed by atoms with van der Waals surface area (Å²) in [5, 5.41) is 12.5. The highest BCUT2D eigenvalue weighted by Crippen LogP contribution is 2.09. The molecule has 0 bridgehead atoms. The minimum absolute atomic E-state index is 0.00411. The van der Waals surface area contributed by atoms with Crippen LogP contribution in [0.1, 0.15) is 25.8 Å². The number of carbonyl (C=O) groups is 1. The van der Waals surface area contributed by atoms with E-state index in [1.54, 1.807) is 23.3 Å². The van der Waals surface area contributed by atoms with Crippen LogP contribution in [0.2, 0.25) is 0 Å². The maximum absolute atomic E-state index is 11.9. The van der Waals surface area contributed by atoms with Crippen LogP contribution in [0.25, 0.3) is 0 Å². The quantitative estimate of drug-likeness (QED) is 0.788. The van der Waals surface area contributed by atoms with Crippen molar-refractivity contribution in [2.75, 3.05) is 26.2 Å². The van der Waals surface area contributed by atoms with Gasteiger partial charge in [-0.25, -0.2) is 4.98 Å². The fourth-order valence-electron chi connectivity index (χ4n) is 2.35. The number of rotatable bonds is 5. The summed E-state index contributed by atoms with van der Waals surface area (Å²) < 4.78 is 1.78. The first-order valence-electron chi connectivity index (χ1n) is 6.82. The Morgan fingerprint density at radius 1 is 1.63 bits per heavy atom. The molecule has 19 heavy (non-hydrogen) atoms. The third-order valence-corrected chi connectivity index (χ3v) is 3.56. The highest BCUT2D eigenvalue weighted by atomic mass is 16.3. The molecule has 1 aromatic rings. The van der Waals surface area contributed by atoms with Crippen LogP contribution in [0.4, 0.5) is 0 Å². The zero-order chi connectivity index (χ0) is 13.7. The molecule has 6 heteroatoms. The Kier molecular flexibility index (Phi) is 4.93. The lowest BCUT2D eigenvalue weighted by Gasteiger charge is -2.30. The lowest BCUT2D eigenvalue weighted by Crippen LogP contribution is -2.43. The number of piperidine rings is 1. The Labute approximate surface area is 113 Å². The van der Waals surface area contributed by atoms with Gasteiger partial charge in [0.1, 0.15) is 6.04 Å². The van der Waals surface area contributed by atoms with Gasteiger partial charge in [0.2, 0.25) is 5.91 Å². The number of aliphatic hydroxyl groups is 1. The minimum atomic E-state index is -0.241. The van der Waals surface area contributed by atoms with Crippen molar-refractivity contribution in [3.05, 3.63) is 18.7 Å². The van der Waals surface area contributed by atoms with E-state index in [9.17, 15) is 9.90 Å². The molecule has 0 unspecified atom stereocenters. The molecule has 106 valence electrons. The van der Waals surface area contributed by atoms with Gasteiger partial charge in [-0.15, -0.1) is 0 Å². The van der Waals surface area contributed by atoms with Crippen molar-refractivity contribution in [1.82, 2.24) is 19.8 Å². The molecule has 6 nitrogen and oxygen atoms in total. The van der Waals surface area contributed by atoms with Gasteiger partial charge in [0, 0.05) is 32.0 Å². The molecule has 2 atom stereocenters. The lowest BCUT2D eigenvalue weighted by molar-refractivity contribution is -0.123. The van der Waals surface area contributed by atoms with Gasteiger partial charge in [0.15, 0.2) is 0 Å². The predicted octanol–water partition coefficient (Wildman–Crippen LogP) is 0.0170. The summed E-state index contributed by atoms with van der Waals surface area (Å²) in [6.07, 6.45) is 6.80. The van der Waals surface area contributed by atoms with Crippen molar-refractivity contribution in [3.63, 3.8) is 0 Å². The van der Waals surface area contributed by atoms with E-state index in [-0.39, 0.29) is 18.1 Å². The molecule has 1 aliphatic rings. The Morgan fingerprint density at radius 3 is 3.16 bits per heavy atom. The van der Waals surface area contributed by atoms with Gasteiger partial charge in [0.25, 0.3) is 0 Å². The van der Waals surface area contributed by atoms with E-state index in [1.165, 1.54) is 0 Å². The third kappa shape index (κ3) is 4.04. The molecular weight excluding hydrogens is 244 g/mol. The number of nitrogens with zero attached hydrogens (tertiary/aromatic N) is 3. The van der Waals surface area contributed by atoms with Crippen molar-refractivity contribution in [2.24, 2.45) is 0 Å². The van der Waals surface area contributed by atoms with Crippen LogP contribution < -0.4 is 5.32 Å². The summed E-state index contributed by atoms with van der Waals surface area (Å²) in [7, 11) is 0. The molecule has 2 N–H and O–H groups in total. The SMILES string of the molecule is C[C@H](C(=O)NCCN1CCC[C@H](O)C1)n1ccnc1. The Bertz CT molecular complexity index is 393. The van der Waals surface area contributed by atoms with E-state index in [0.717, 1.165) is 25.9 Å². The van der Waals surface area contributed by atoms with Crippen molar-refractivity contribution < 1.29 is 9.90 Å². The van der Waals surface area contributed by atoms with Gasteiger partial charge >= 0.3 is 0 Å². The van der Waals surface area contributed by atoms with Gasteiger partial charge in [-0.1, -0.05) is 0 Å². The average molecular weight is 266 g/mol. The molecule has 0 spiro atoms. The number of likely N-dealkylation sites (tertiary alicyclic amines) is 1. The summed E-state index contributed by atoms with van der Waals surface area (Å²) in [5.74, 6) is -0.00411. The number of carbonyl (C=O) groups excluding carboxylic acids is 1. The Balaban J connectivity index is 1.69. The Morgan fingerprint density at radius 2 is 2.47 bits per heavy atom. The van der Waals surface area contributed by atoms with E-state index in [0.29, 0.717) is 13.1 Å². The van der Waals surface area contributed by atoms with Crippen LogP contribution >= 0.6 is 0 Å². The van der Waals surface area contributed by atoms with Crippen molar-refractivity contribution in [1.29, 1.82) is 0 Å². The van der Waals surface area contributed by atoms with Crippen LogP contribution in [-0.2, 0) is 4.79 Å². The molecule has 0 radical (unpaired) electrons. The van der Waals surface area contributed by atoms with Crippen molar-refractivity contribution in [2.45, 2.75) is 31.9 Å². The van der Waals surface area contributed by atoms with Crippen LogP contribution in [0.3, 0.4) is 0 Å². The second kappa shape index (κ2) is 6.68. The molecule has 0 aromatic carbocycles. The minimum Gasteiger partial charge on any atom is -0.392 e. The van der Waals surface area contributed by atoms with Gasteiger partial charge in [-0.05, 0) is 26.3 Å². The second-order valence-corrected chi connectivity index (χ2v) is 5.07. The summed E-state index contributed by atoms with van der Waals surface area (Å²) >= 11 is 0. The first kappa shape index (κ1) is 14.0. The zero-order valence-corrected chi connectivity index (χ0v) is 11.3. The largest absolute Gasteiger partial charge is 0.392 e. The standard InChI is InChI=1S/C13H22N4O2/c1-11(17-8-4-14-10-17)13(19)15-5-7-16-6-2-3-12(18)9-16/h4,8,10-12,18H,2-3,5-7,9H2,1H3,(H,15,19)/t11-,12+/m1/s1. The number of hydrogen-bond donors (Lipinski definition) is 2. The number of hydrogen-bond acceptors (Lipinski definition) is 4. The molecule has 1 amide bonds. The van der Waals surface area contributed by atoms with E-state index >= 15 is 0 Å². The molecule has 1 aliphatic heterocycles. The van der Waals surface area contributed by atoms with Crippen molar-refractivity contribution >= 4 is 5.91 Å².